The Morgan fingerprint density at radius 3 is 2.76 bits per heavy atom. The van der Waals surface area contributed by atoms with Crippen molar-refractivity contribution in [2.24, 2.45) is 0 Å². The number of benzene rings is 1. The van der Waals surface area contributed by atoms with E-state index in [0.717, 1.165) is 6.07 Å². The lowest BCUT2D eigenvalue weighted by molar-refractivity contribution is 0.0593. The van der Waals surface area contributed by atoms with Gasteiger partial charge in [0.25, 0.3) is 0 Å². The van der Waals surface area contributed by atoms with Gasteiger partial charge in [0, 0.05) is 15.8 Å². The largest absolute Gasteiger partial charge is 0.506 e. The van der Waals surface area contributed by atoms with Crippen LogP contribution in [0.3, 0.4) is 0 Å². The Bertz CT molecular complexity index is 757. The molecule has 0 spiro atoms. The number of aromatic hydroxyl groups is 1. The fourth-order valence-electron chi connectivity index (χ4n) is 1.88. The van der Waals surface area contributed by atoms with E-state index in [1.165, 1.54) is 23.9 Å². The number of nitrogens with two attached hydrogens (primary N) is 1. The minimum atomic E-state index is -0.770. The summed E-state index contributed by atoms with van der Waals surface area (Å²) in [6, 6.07) is 3.93. The van der Waals surface area contributed by atoms with Crippen molar-refractivity contribution in [1.82, 2.24) is 4.57 Å². The highest BCUT2D eigenvalue weighted by molar-refractivity contribution is 14.1. The number of ether oxygens (including phenoxy) is 1. The second-order valence-corrected chi connectivity index (χ2v) is 5.20. The van der Waals surface area contributed by atoms with E-state index in [1.54, 1.807) is 22.6 Å². The number of carbonyl (C=O) groups is 1. The van der Waals surface area contributed by atoms with Crippen LogP contribution in [-0.2, 0) is 4.74 Å². The second kappa shape index (κ2) is 5.61. The maximum absolute atomic E-state index is 13.3. The number of hydrogen-bond donors (Lipinski definition) is 2. The van der Waals surface area contributed by atoms with Gasteiger partial charge in [0.15, 0.2) is 5.69 Å². The van der Waals surface area contributed by atoms with Gasteiger partial charge in [-0.25, -0.2) is 9.18 Å². The Hall–Kier alpha value is -2.28. The fraction of sp³-hybridized carbons (Fsp3) is 0.0769. The number of phenolic OH excluding ortho intramolecular Hbond substituents is 1. The predicted octanol–water partition coefficient (Wildman–Crippen LogP) is 2.17. The lowest BCUT2D eigenvalue weighted by Crippen LogP contribution is -2.12. The Morgan fingerprint density at radius 2 is 2.24 bits per heavy atom. The number of aromatic nitrogens is 1. The first-order valence-corrected chi connectivity index (χ1v) is 6.66. The molecule has 2 rings (SSSR count). The number of halogens is 2. The molecule has 0 radical (unpaired) electrons. The van der Waals surface area contributed by atoms with Crippen molar-refractivity contribution < 1.29 is 19.0 Å². The summed E-state index contributed by atoms with van der Waals surface area (Å²) in [4.78, 5) is 11.9. The molecule has 2 aromatic rings. The smallest absolute Gasteiger partial charge is 0.357 e. The molecule has 0 aliphatic rings. The van der Waals surface area contributed by atoms with Crippen LogP contribution in [0.25, 0.3) is 5.69 Å². The van der Waals surface area contributed by atoms with Gasteiger partial charge in [0.1, 0.15) is 23.3 Å². The third kappa shape index (κ3) is 2.52. The standard InChI is InChI=1S/C13H9FIN3O3/c1-21-13(20)12-10(17)6(4-16)5-18(12)11-8(15)2-7(14)3-9(11)19/h2-3,5,19H,17H2,1H3. The molecule has 6 nitrogen and oxygen atoms in total. The lowest BCUT2D eigenvalue weighted by Gasteiger charge is -2.12. The molecule has 8 heteroatoms. The van der Waals surface area contributed by atoms with Gasteiger partial charge in [-0.05, 0) is 28.7 Å². The number of carbonyl (C=O) groups excluding carboxylic acids is 1. The van der Waals surface area contributed by atoms with Crippen molar-refractivity contribution in [3.8, 4) is 17.5 Å². The number of nitrogen functional groups attached to an aromatic ring is 1. The number of nitriles is 1. The van der Waals surface area contributed by atoms with Crippen LogP contribution in [0.5, 0.6) is 5.75 Å². The summed E-state index contributed by atoms with van der Waals surface area (Å²) in [6.07, 6.45) is 1.29. The molecule has 21 heavy (non-hydrogen) atoms. The molecule has 1 aromatic carbocycles. The molecule has 0 aliphatic carbocycles. The van der Waals surface area contributed by atoms with E-state index >= 15 is 0 Å². The minimum absolute atomic E-state index is 0.0509. The van der Waals surface area contributed by atoms with Crippen LogP contribution < -0.4 is 5.73 Å². The van der Waals surface area contributed by atoms with Gasteiger partial charge in [0.05, 0.1) is 18.4 Å². The Kier molecular flexibility index (Phi) is 4.04. The van der Waals surface area contributed by atoms with Gasteiger partial charge in [-0.3, -0.25) is 0 Å². The molecule has 108 valence electrons. The molecular formula is C13H9FIN3O3. The molecule has 1 heterocycles. The summed E-state index contributed by atoms with van der Waals surface area (Å²) in [5, 5.41) is 19.0. The molecule has 0 bridgehead atoms. The van der Waals surface area contributed by atoms with Crippen molar-refractivity contribution in [2.75, 3.05) is 12.8 Å². The summed E-state index contributed by atoms with van der Waals surface area (Å²) < 4.78 is 19.5. The number of phenols is 1. The Morgan fingerprint density at radius 1 is 1.57 bits per heavy atom. The molecule has 0 unspecified atom stereocenters. The summed E-state index contributed by atoms with van der Waals surface area (Å²) in [5.41, 5.74) is 5.78. The van der Waals surface area contributed by atoms with E-state index in [-0.39, 0.29) is 28.4 Å². The van der Waals surface area contributed by atoms with Crippen molar-refractivity contribution in [3.63, 3.8) is 0 Å². The van der Waals surface area contributed by atoms with E-state index in [9.17, 15) is 14.3 Å². The molecule has 0 aliphatic heterocycles. The fourth-order valence-corrected chi connectivity index (χ4v) is 2.72. The van der Waals surface area contributed by atoms with Crippen molar-refractivity contribution in [2.45, 2.75) is 0 Å². The average Bonchev–Trinajstić information content (AvgIpc) is 2.73. The summed E-state index contributed by atoms with van der Waals surface area (Å²) in [7, 11) is 1.17. The van der Waals surface area contributed by atoms with Crippen LogP contribution in [0.2, 0.25) is 0 Å². The number of rotatable bonds is 2. The van der Waals surface area contributed by atoms with Gasteiger partial charge >= 0.3 is 5.97 Å². The number of methoxy groups -OCH3 is 1. The van der Waals surface area contributed by atoms with Crippen molar-refractivity contribution in [1.29, 1.82) is 5.26 Å². The maximum atomic E-state index is 13.3. The van der Waals surface area contributed by atoms with E-state index < -0.39 is 11.8 Å². The third-order valence-electron chi connectivity index (χ3n) is 2.79. The van der Waals surface area contributed by atoms with Crippen molar-refractivity contribution >= 4 is 34.2 Å². The molecule has 1 aromatic heterocycles. The maximum Gasteiger partial charge on any atom is 0.357 e. The predicted molar refractivity (Wildman–Crippen MR) is 80.6 cm³/mol. The van der Waals surface area contributed by atoms with Crippen LogP contribution in [0.1, 0.15) is 16.1 Å². The van der Waals surface area contributed by atoms with Crippen LogP contribution in [0.4, 0.5) is 10.1 Å². The first-order valence-electron chi connectivity index (χ1n) is 5.58. The van der Waals surface area contributed by atoms with E-state index in [1.807, 2.05) is 6.07 Å². The molecule has 3 N–H and O–H groups in total. The highest BCUT2D eigenvalue weighted by Gasteiger charge is 2.24. The van der Waals surface area contributed by atoms with Gasteiger partial charge in [-0.15, -0.1) is 0 Å². The number of esters is 1. The average molecular weight is 401 g/mol. The molecule has 0 fully saturated rings. The summed E-state index contributed by atoms with van der Waals surface area (Å²) in [5.74, 6) is -1.78. The second-order valence-electron chi connectivity index (χ2n) is 4.03. The van der Waals surface area contributed by atoms with E-state index in [4.69, 9.17) is 11.0 Å². The zero-order chi connectivity index (χ0) is 15.7. The first kappa shape index (κ1) is 15.1. The summed E-state index contributed by atoms with van der Waals surface area (Å²) >= 11 is 1.80. The van der Waals surface area contributed by atoms with Gasteiger partial charge < -0.3 is 20.1 Å². The molecular weight excluding hydrogens is 392 g/mol. The van der Waals surface area contributed by atoms with Crippen LogP contribution in [-0.4, -0.2) is 22.8 Å². The molecule has 0 saturated heterocycles. The van der Waals surface area contributed by atoms with Crippen molar-refractivity contribution in [3.05, 3.63) is 39.0 Å². The monoisotopic (exact) mass is 401 g/mol. The lowest BCUT2D eigenvalue weighted by atomic mass is 10.2. The highest BCUT2D eigenvalue weighted by atomic mass is 127. The van der Waals surface area contributed by atoms with Gasteiger partial charge in [-0.2, -0.15) is 5.26 Å². The van der Waals surface area contributed by atoms with Crippen LogP contribution >= 0.6 is 22.6 Å². The minimum Gasteiger partial charge on any atom is -0.506 e. The SMILES string of the molecule is COC(=O)c1c(N)c(C#N)cn1-c1c(O)cc(F)cc1I. The van der Waals surface area contributed by atoms with Crippen LogP contribution in [0.15, 0.2) is 18.3 Å². The van der Waals surface area contributed by atoms with Gasteiger partial charge in [0.2, 0.25) is 0 Å². The summed E-state index contributed by atoms with van der Waals surface area (Å²) in [6.45, 7) is 0. The Balaban J connectivity index is 2.82. The van der Waals surface area contributed by atoms with Gasteiger partial charge in [-0.1, -0.05) is 0 Å². The quantitative estimate of drug-likeness (QED) is 0.594. The Labute approximate surface area is 132 Å². The van der Waals surface area contributed by atoms with E-state index in [2.05, 4.69) is 4.74 Å². The highest BCUT2D eigenvalue weighted by Crippen LogP contribution is 2.33. The first-order chi connectivity index (χ1) is 9.90. The molecule has 0 saturated carbocycles. The normalized spacial score (nSPS) is 10.2. The zero-order valence-corrected chi connectivity index (χ0v) is 12.9. The topological polar surface area (TPSA) is 101 Å². The third-order valence-corrected chi connectivity index (χ3v) is 3.61. The number of hydrogen-bond acceptors (Lipinski definition) is 5. The zero-order valence-electron chi connectivity index (χ0n) is 10.7. The number of anilines is 1. The van der Waals surface area contributed by atoms with Crippen LogP contribution in [0, 0.1) is 20.7 Å². The van der Waals surface area contributed by atoms with E-state index in [0.29, 0.717) is 3.57 Å². The molecule has 0 amide bonds. The number of nitrogens with zero attached hydrogens (tertiary/aromatic N) is 2. The molecule has 0 atom stereocenters.